The minimum Gasteiger partial charge on any atom is -0.327 e. The van der Waals surface area contributed by atoms with Crippen LogP contribution in [0, 0.1) is 4.64 Å². The highest BCUT2D eigenvalue weighted by molar-refractivity contribution is 7.71. The van der Waals surface area contributed by atoms with Crippen molar-refractivity contribution < 1.29 is 13.2 Å². The molecule has 0 saturated heterocycles. The Balaban J connectivity index is 3.16. The topological polar surface area (TPSA) is 28.7 Å². The molecule has 0 aliphatic rings. The van der Waals surface area contributed by atoms with Crippen molar-refractivity contribution in [2.24, 2.45) is 0 Å². The van der Waals surface area contributed by atoms with Crippen molar-refractivity contribution in [2.45, 2.75) is 6.18 Å². The van der Waals surface area contributed by atoms with Crippen LogP contribution in [0.4, 0.5) is 13.2 Å². The predicted molar refractivity (Wildman–Crippen MR) is 34.4 cm³/mol. The highest BCUT2D eigenvalue weighted by atomic mass is 32.1. The molecule has 0 bridgehead atoms. The van der Waals surface area contributed by atoms with Crippen LogP contribution in [0.3, 0.4) is 0 Å². The largest absolute Gasteiger partial charge is 0.449 e. The minimum absolute atomic E-state index is 0.0207. The zero-order valence-corrected chi connectivity index (χ0v) is 5.96. The molecule has 0 aliphatic heterocycles. The lowest BCUT2D eigenvalue weighted by atomic mass is 10.5. The van der Waals surface area contributed by atoms with E-state index in [0.29, 0.717) is 0 Å². The number of halogens is 3. The van der Waals surface area contributed by atoms with Crippen LogP contribution in [0.5, 0.6) is 0 Å². The average molecular weight is 180 g/mol. The molecule has 1 N–H and O–H groups in total. The number of alkyl halides is 3. The fourth-order valence-electron chi connectivity index (χ4n) is 0.514. The number of aromatic amines is 1. The normalized spacial score (nSPS) is 11.5. The summed E-state index contributed by atoms with van der Waals surface area (Å²) in [4.78, 5) is 4.99. The van der Waals surface area contributed by atoms with E-state index in [0.717, 1.165) is 6.20 Å². The van der Waals surface area contributed by atoms with Gasteiger partial charge in [0.25, 0.3) is 0 Å². The van der Waals surface area contributed by atoms with Crippen molar-refractivity contribution in [1.29, 1.82) is 0 Å². The molecule has 6 heteroatoms. The van der Waals surface area contributed by atoms with Crippen molar-refractivity contribution >= 4 is 12.2 Å². The maximum atomic E-state index is 11.8. The molecule has 1 aromatic heterocycles. The third-order valence-corrected chi connectivity index (χ3v) is 1.18. The molecule has 0 radical (unpaired) electrons. The molecular weight excluding hydrogens is 177 g/mol. The zero-order chi connectivity index (χ0) is 8.48. The van der Waals surface area contributed by atoms with E-state index in [9.17, 15) is 13.2 Å². The van der Waals surface area contributed by atoms with E-state index in [1.165, 1.54) is 6.07 Å². The third-order valence-electron chi connectivity index (χ3n) is 0.940. The summed E-state index contributed by atoms with van der Waals surface area (Å²) < 4.78 is 35.5. The summed E-state index contributed by atoms with van der Waals surface area (Å²) in [6.07, 6.45) is -3.43. The summed E-state index contributed by atoms with van der Waals surface area (Å²) in [6, 6.07) is 1.28. The second kappa shape index (κ2) is 2.61. The lowest BCUT2D eigenvalue weighted by Gasteiger charge is -2.02. The van der Waals surface area contributed by atoms with Gasteiger partial charge in [-0.05, 0) is 6.07 Å². The van der Waals surface area contributed by atoms with E-state index in [4.69, 9.17) is 0 Å². The van der Waals surface area contributed by atoms with Crippen LogP contribution in [-0.4, -0.2) is 9.97 Å². The first-order valence-corrected chi connectivity index (χ1v) is 3.03. The highest BCUT2D eigenvalue weighted by Gasteiger charge is 2.33. The molecule has 1 aromatic rings. The van der Waals surface area contributed by atoms with Gasteiger partial charge in [-0.1, -0.05) is 12.2 Å². The molecule has 0 spiro atoms. The van der Waals surface area contributed by atoms with E-state index in [-0.39, 0.29) is 4.64 Å². The van der Waals surface area contributed by atoms with Gasteiger partial charge in [0.2, 0.25) is 5.82 Å². The summed E-state index contributed by atoms with van der Waals surface area (Å²) >= 11 is 4.47. The van der Waals surface area contributed by atoms with Gasteiger partial charge in [-0.3, -0.25) is 0 Å². The van der Waals surface area contributed by atoms with E-state index < -0.39 is 12.0 Å². The van der Waals surface area contributed by atoms with Crippen LogP contribution >= 0.6 is 12.2 Å². The Morgan fingerprint density at radius 2 is 2.09 bits per heavy atom. The molecule has 11 heavy (non-hydrogen) atoms. The number of nitrogens with one attached hydrogen (secondary N) is 1. The second-order valence-electron chi connectivity index (χ2n) is 1.78. The summed E-state index contributed by atoms with van der Waals surface area (Å²) in [7, 11) is 0. The van der Waals surface area contributed by atoms with Gasteiger partial charge in [0, 0.05) is 6.20 Å². The Hall–Kier alpha value is -0.910. The standard InChI is InChI=1S/C5H3F3N2S/c6-5(7,8)4-9-2-1-3(11)10-4/h1-2H,(H,9,10,11). The number of hydrogen-bond donors (Lipinski definition) is 1. The summed E-state index contributed by atoms with van der Waals surface area (Å²) in [5.41, 5.74) is 0. The molecule has 0 atom stereocenters. The predicted octanol–water partition coefficient (Wildman–Crippen LogP) is 2.16. The SMILES string of the molecule is FC(F)(F)c1nccc(=S)[nH]1. The van der Waals surface area contributed by atoms with Gasteiger partial charge in [-0.15, -0.1) is 0 Å². The smallest absolute Gasteiger partial charge is 0.327 e. The van der Waals surface area contributed by atoms with Crippen LogP contribution in [0.25, 0.3) is 0 Å². The van der Waals surface area contributed by atoms with Crippen molar-refractivity contribution in [3.63, 3.8) is 0 Å². The number of aromatic nitrogens is 2. The maximum absolute atomic E-state index is 11.8. The van der Waals surface area contributed by atoms with Crippen LogP contribution in [0.1, 0.15) is 5.82 Å². The lowest BCUT2D eigenvalue weighted by Crippen LogP contribution is -2.10. The van der Waals surface area contributed by atoms with Gasteiger partial charge in [-0.2, -0.15) is 13.2 Å². The fraction of sp³-hybridized carbons (Fsp3) is 0.200. The highest BCUT2D eigenvalue weighted by Crippen LogP contribution is 2.24. The minimum atomic E-state index is -4.45. The van der Waals surface area contributed by atoms with Gasteiger partial charge in [-0.25, -0.2) is 4.98 Å². The van der Waals surface area contributed by atoms with Crippen LogP contribution in [-0.2, 0) is 6.18 Å². The average Bonchev–Trinajstić information content (AvgIpc) is 1.86. The molecule has 0 amide bonds. The molecular formula is C5H3F3N2S. The molecule has 0 aliphatic carbocycles. The molecule has 1 rings (SSSR count). The maximum Gasteiger partial charge on any atom is 0.449 e. The van der Waals surface area contributed by atoms with Crippen LogP contribution in [0.2, 0.25) is 0 Å². The van der Waals surface area contributed by atoms with Gasteiger partial charge in [0.15, 0.2) is 0 Å². The van der Waals surface area contributed by atoms with Gasteiger partial charge < -0.3 is 4.98 Å². The third kappa shape index (κ3) is 2.01. The van der Waals surface area contributed by atoms with E-state index in [1.807, 2.05) is 4.98 Å². The van der Waals surface area contributed by atoms with E-state index >= 15 is 0 Å². The van der Waals surface area contributed by atoms with E-state index in [2.05, 4.69) is 17.2 Å². The Kier molecular flexibility index (Phi) is 1.95. The summed E-state index contributed by atoms with van der Waals surface area (Å²) in [6.45, 7) is 0. The van der Waals surface area contributed by atoms with Gasteiger partial charge in [0.1, 0.15) is 4.64 Å². The molecule has 0 unspecified atom stereocenters. The second-order valence-corrected chi connectivity index (χ2v) is 2.22. The first-order valence-electron chi connectivity index (χ1n) is 2.62. The van der Waals surface area contributed by atoms with Crippen LogP contribution < -0.4 is 0 Å². The fourth-order valence-corrected chi connectivity index (χ4v) is 0.672. The molecule has 2 nitrogen and oxygen atoms in total. The van der Waals surface area contributed by atoms with Crippen molar-refractivity contribution in [1.82, 2.24) is 9.97 Å². The molecule has 0 aromatic carbocycles. The zero-order valence-electron chi connectivity index (χ0n) is 5.14. The Bertz CT molecular complexity index is 303. The Morgan fingerprint density at radius 3 is 2.45 bits per heavy atom. The number of nitrogens with zero attached hydrogens (tertiary/aromatic N) is 1. The molecule has 0 fully saturated rings. The number of hydrogen-bond acceptors (Lipinski definition) is 2. The number of rotatable bonds is 0. The van der Waals surface area contributed by atoms with Crippen molar-refractivity contribution in [3.05, 3.63) is 22.7 Å². The Morgan fingerprint density at radius 1 is 1.45 bits per heavy atom. The van der Waals surface area contributed by atoms with Crippen LogP contribution in [0.15, 0.2) is 12.3 Å². The summed E-state index contributed by atoms with van der Waals surface area (Å²) in [5.74, 6) is -1.06. The quantitative estimate of drug-likeness (QED) is 0.620. The Labute approximate surface area is 65.1 Å². The first kappa shape index (κ1) is 8.19. The summed E-state index contributed by atoms with van der Waals surface area (Å²) in [5, 5.41) is 0. The number of H-pyrrole nitrogens is 1. The van der Waals surface area contributed by atoms with Gasteiger partial charge >= 0.3 is 6.18 Å². The van der Waals surface area contributed by atoms with Crippen molar-refractivity contribution in [2.75, 3.05) is 0 Å². The lowest BCUT2D eigenvalue weighted by molar-refractivity contribution is -0.145. The molecule has 1 heterocycles. The molecule has 0 saturated carbocycles. The van der Waals surface area contributed by atoms with Gasteiger partial charge in [0.05, 0.1) is 0 Å². The monoisotopic (exact) mass is 180 g/mol. The van der Waals surface area contributed by atoms with Crippen molar-refractivity contribution in [3.8, 4) is 0 Å². The first-order chi connectivity index (χ1) is 5.00. The molecule has 60 valence electrons. The van der Waals surface area contributed by atoms with E-state index in [1.54, 1.807) is 0 Å².